The third-order valence-electron chi connectivity index (χ3n) is 6.90. The highest BCUT2D eigenvalue weighted by molar-refractivity contribution is 6.30. The molecule has 1 N–H and O–H groups in total. The van der Waals surface area contributed by atoms with Crippen LogP contribution < -0.4 is 14.2 Å². The van der Waals surface area contributed by atoms with Crippen molar-refractivity contribution in [3.63, 3.8) is 0 Å². The van der Waals surface area contributed by atoms with Gasteiger partial charge in [-0.2, -0.15) is 0 Å². The normalized spacial score (nSPS) is 21.0. The van der Waals surface area contributed by atoms with Crippen molar-refractivity contribution < 1.29 is 28.8 Å². The van der Waals surface area contributed by atoms with Crippen LogP contribution in [0.4, 0.5) is 0 Å². The van der Waals surface area contributed by atoms with E-state index in [0.29, 0.717) is 61.5 Å². The molecular weight excluding hydrogens is 508 g/mol. The lowest BCUT2D eigenvalue weighted by atomic mass is 10.1. The molecule has 1 amide bonds. The third kappa shape index (κ3) is 8.50. The Hall–Kier alpha value is -2.52. The van der Waals surface area contributed by atoms with Gasteiger partial charge in [0.25, 0.3) is 0 Å². The minimum absolute atomic E-state index is 0.115. The largest absolute Gasteiger partial charge is 0.493 e. The molecule has 0 spiro atoms. The van der Waals surface area contributed by atoms with E-state index in [1.54, 1.807) is 31.4 Å². The van der Waals surface area contributed by atoms with Gasteiger partial charge in [0.15, 0.2) is 11.5 Å². The summed E-state index contributed by atoms with van der Waals surface area (Å²) in [6.07, 6.45) is 4.64. The summed E-state index contributed by atoms with van der Waals surface area (Å²) in [5.41, 5.74) is -0.0925. The van der Waals surface area contributed by atoms with E-state index in [1.165, 1.54) is 0 Å². The number of hydrogen-bond donors (Lipinski definition) is 1. The second-order valence-electron chi connectivity index (χ2n) is 10.1. The predicted octanol–water partition coefficient (Wildman–Crippen LogP) is 4.16. The van der Waals surface area contributed by atoms with E-state index in [2.05, 4.69) is 4.90 Å². The second kappa shape index (κ2) is 14.0. The van der Waals surface area contributed by atoms with Crippen molar-refractivity contribution in [1.29, 1.82) is 0 Å². The van der Waals surface area contributed by atoms with Crippen LogP contribution in [0.25, 0.3) is 0 Å². The number of amides is 1. The van der Waals surface area contributed by atoms with Crippen molar-refractivity contribution in [3.8, 4) is 17.2 Å². The van der Waals surface area contributed by atoms with E-state index in [1.807, 2.05) is 23.1 Å². The molecule has 0 unspecified atom stereocenters. The number of likely N-dealkylation sites (tertiary alicyclic amines) is 1. The molecular formula is C29H39ClN2O6. The van der Waals surface area contributed by atoms with Gasteiger partial charge in [0.05, 0.1) is 26.9 Å². The van der Waals surface area contributed by atoms with Crippen molar-refractivity contribution >= 4 is 17.5 Å². The molecule has 0 radical (unpaired) electrons. The van der Waals surface area contributed by atoms with Gasteiger partial charge in [-0.25, -0.2) is 0 Å². The minimum Gasteiger partial charge on any atom is -0.493 e. The number of halogens is 1. The van der Waals surface area contributed by atoms with Crippen LogP contribution in [0, 0.1) is 0 Å². The van der Waals surface area contributed by atoms with Crippen LogP contribution in [0.5, 0.6) is 17.2 Å². The molecule has 1 atom stereocenters. The summed E-state index contributed by atoms with van der Waals surface area (Å²) >= 11 is 5.95. The first kappa shape index (κ1) is 28.5. The van der Waals surface area contributed by atoms with Crippen LogP contribution >= 0.6 is 11.6 Å². The van der Waals surface area contributed by atoms with Crippen molar-refractivity contribution in [2.45, 2.75) is 44.2 Å². The molecule has 8 nitrogen and oxygen atoms in total. The molecule has 4 rings (SSSR count). The lowest BCUT2D eigenvalue weighted by Crippen LogP contribution is -2.48. The van der Waals surface area contributed by atoms with Crippen LogP contribution in [0.2, 0.25) is 5.02 Å². The van der Waals surface area contributed by atoms with E-state index in [9.17, 15) is 9.90 Å². The molecule has 0 bridgehead atoms. The lowest BCUT2D eigenvalue weighted by Gasteiger charge is -2.30. The molecule has 2 aliphatic heterocycles. The first-order valence-corrected chi connectivity index (χ1v) is 13.8. The van der Waals surface area contributed by atoms with Gasteiger partial charge in [0.1, 0.15) is 18.0 Å². The summed E-state index contributed by atoms with van der Waals surface area (Å²) in [4.78, 5) is 16.3. The zero-order valence-corrected chi connectivity index (χ0v) is 23.0. The maximum Gasteiger partial charge on any atom is 0.222 e. The highest BCUT2D eigenvalue weighted by Crippen LogP contribution is 2.29. The van der Waals surface area contributed by atoms with E-state index >= 15 is 0 Å². The molecule has 0 aliphatic carbocycles. The number of nitrogens with zero attached hydrogens (tertiary/aromatic N) is 2. The molecule has 0 saturated carbocycles. The Kier molecular flexibility index (Phi) is 10.5. The van der Waals surface area contributed by atoms with Gasteiger partial charge in [0, 0.05) is 44.2 Å². The van der Waals surface area contributed by atoms with Crippen molar-refractivity contribution in [1.82, 2.24) is 9.80 Å². The van der Waals surface area contributed by atoms with E-state index in [-0.39, 0.29) is 19.1 Å². The Morgan fingerprint density at radius 1 is 1.05 bits per heavy atom. The van der Waals surface area contributed by atoms with Crippen molar-refractivity contribution in [2.24, 2.45) is 0 Å². The topological polar surface area (TPSA) is 80.7 Å². The molecule has 2 saturated heterocycles. The Bertz CT molecular complexity index is 1040. The number of benzene rings is 2. The van der Waals surface area contributed by atoms with E-state index in [4.69, 9.17) is 30.5 Å². The summed E-state index contributed by atoms with van der Waals surface area (Å²) in [6.45, 7) is 4.67. The molecule has 208 valence electrons. The van der Waals surface area contributed by atoms with Crippen LogP contribution in [0.3, 0.4) is 0 Å². The fourth-order valence-corrected chi connectivity index (χ4v) is 4.99. The zero-order valence-electron chi connectivity index (χ0n) is 22.2. The fraction of sp³-hybridized carbons (Fsp3) is 0.552. The summed E-state index contributed by atoms with van der Waals surface area (Å²) < 4.78 is 23.1. The predicted molar refractivity (Wildman–Crippen MR) is 146 cm³/mol. The van der Waals surface area contributed by atoms with Crippen LogP contribution in [0.1, 0.15) is 37.7 Å². The second-order valence-corrected chi connectivity index (χ2v) is 10.5. The first-order valence-electron chi connectivity index (χ1n) is 13.4. The summed E-state index contributed by atoms with van der Waals surface area (Å²) in [5, 5.41) is 11.9. The number of carbonyl (C=O) groups is 1. The van der Waals surface area contributed by atoms with Gasteiger partial charge in [-0.15, -0.1) is 0 Å². The van der Waals surface area contributed by atoms with Gasteiger partial charge in [-0.1, -0.05) is 24.1 Å². The third-order valence-corrected chi connectivity index (χ3v) is 7.15. The molecule has 9 heteroatoms. The smallest absolute Gasteiger partial charge is 0.222 e. The number of rotatable bonds is 11. The summed E-state index contributed by atoms with van der Waals surface area (Å²) in [5.74, 6) is 2.26. The highest BCUT2D eigenvalue weighted by Gasteiger charge is 2.33. The van der Waals surface area contributed by atoms with Crippen LogP contribution in [-0.2, 0) is 16.1 Å². The molecule has 2 heterocycles. The molecule has 38 heavy (non-hydrogen) atoms. The molecule has 2 fully saturated rings. The number of β-amino-alcohol motifs (C(OH)–C–C–N with tert-alkyl or cyclic N) is 1. The van der Waals surface area contributed by atoms with E-state index in [0.717, 1.165) is 44.3 Å². The standard InChI is InChI=1S/C29H39ClN2O6/c1-35-27-18-23(7-12-26(27)37-16-5-14-32-13-4-2-3-6-28(32)33)19-31-15-17-36-21-29(34,20-31)22-38-25-10-8-24(30)9-11-25/h7-12,18,34H,2-6,13-17,19-22H2,1H3/t29-/m1/s1. The first-order chi connectivity index (χ1) is 18.4. The Balaban J connectivity index is 1.29. The summed E-state index contributed by atoms with van der Waals surface area (Å²) in [6, 6.07) is 13.0. The maximum absolute atomic E-state index is 12.2. The molecule has 2 aliphatic rings. The summed E-state index contributed by atoms with van der Waals surface area (Å²) in [7, 11) is 1.63. The quantitative estimate of drug-likeness (QED) is 0.424. The number of ether oxygens (including phenoxy) is 4. The van der Waals surface area contributed by atoms with Crippen LogP contribution in [0.15, 0.2) is 42.5 Å². The average Bonchev–Trinajstić information content (AvgIpc) is 3.24. The maximum atomic E-state index is 12.2. The fourth-order valence-electron chi connectivity index (χ4n) is 4.87. The minimum atomic E-state index is -1.14. The molecule has 2 aromatic rings. The highest BCUT2D eigenvalue weighted by atomic mass is 35.5. The number of methoxy groups -OCH3 is 1. The van der Waals surface area contributed by atoms with Crippen molar-refractivity contribution in [3.05, 3.63) is 53.1 Å². The van der Waals surface area contributed by atoms with Gasteiger partial charge >= 0.3 is 0 Å². The monoisotopic (exact) mass is 546 g/mol. The molecule has 0 aromatic heterocycles. The number of aliphatic hydroxyl groups is 1. The van der Waals surface area contributed by atoms with Gasteiger partial charge in [-0.3, -0.25) is 9.69 Å². The Morgan fingerprint density at radius 2 is 1.89 bits per heavy atom. The van der Waals surface area contributed by atoms with E-state index < -0.39 is 5.60 Å². The Morgan fingerprint density at radius 3 is 2.71 bits per heavy atom. The van der Waals surface area contributed by atoms with Gasteiger partial charge < -0.3 is 29.0 Å². The molecule has 2 aromatic carbocycles. The number of hydrogen-bond acceptors (Lipinski definition) is 7. The average molecular weight is 547 g/mol. The van der Waals surface area contributed by atoms with Crippen molar-refractivity contribution in [2.75, 3.05) is 59.7 Å². The van der Waals surface area contributed by atoms with Gasteiger partial charge in [-0.05, 0) is 61.2 Å². The van der Waals surface area contributed by atoms with Crippen LogP contribution in [-0.4, -0.2) is 86.1 Å². The lowest BCUT2D eigenvalue weighted by molar-refractivity contribution is -0.130. The van der Waals surface area contributed by atoms with Gasteiger partial charge in [0.2, 0.25) is 5.91 Å². The zero-order chi connectivity index (χ0) is 26.8. The SMILES string of the molecule is COc1cc(CN2CCOC[C@@](O)(COc3ccc(Cl)cc3)C2)ccc1OCCCN1CCCCCC1=O. The number of carbonyl (C=O) groups excluding carboxylic acids is 1. The Labute approximate surface area is 230 Å².